The summed E-state index contributed by atoms with van der Waals surface area (Å²) in [4.78, 5) is 23.1. The first-order valence-electron chi connectivity index (χ1n) is 10.9. The average molecular weight is 452 g/mol. The van der Waals surface area contributed by atoms with Gasteiger partial charge in [0.25, 0.3) is 0 Å². The summed E-state index contributed by atoms with van der Waals surface area (Å²) in [5.74, 6) is 1.77. The summed E-state index contributed by atoms with van der Waals surface area (Å²) >= 11 is 6.55. The Hall–Kier alpha value is -2.97. The van der Waals surface area contributed by atoms with Crippen LogP contribution in [0.3, 0.4) is 0 Å². The number of piperidine rings is 1. The lowest BCUT2D eigenvalue weighted by atomic mass is 9.98. The Bertz CT molecular complexity index is 1240. The third-order valence-electron chi connectivity index (χ3n) is 6.10. The first-order chi connectivity index (χ1) is 15.6. The standard InChI is InChI=1S/C23H26ClN7O/c1-14(29-22-20-21(26-12-25-20)27-13-28-22)18-10-16-4-3-5-17(24)19(16)23(30-18)32-11-15-6-8-31(2)9-7-15/h3-5,10,12-15H,6-9,11H2,1-2H3,(H2,25,26,27,28,29)/t14-/m0/s1. The molecule has 1 fully saturated rings. The summed E-state index contributed by atoms with van der Waals surface area (Å²) in [6.45, 7) is 4.89. The lowest BCUT2D eigenvalue weighted by Crippen LogP contribution is -2.32. The van der Waals surface area contributed by atoms with Crippen LogP contribution < -0.4 is 10.1 Å². The van der Waals surface area contributed by atoms with E-state index in [-0.39, 0.29) is 6.04 Å². The maximum Gasteiger partial charge on any atom is 0.223 e. The smallest absolute Gasteiger partial charge is 0.223 e. The summed E-state index contributed by atoms with van der Waals surface area (Å²) in [5.41, 5.74) is 2.23. The fourth-order valence-corrected chi connectivity index (χ4v) is 4.42. The van der Waals surface area contributed by atoms with Crippen molar-refractivity contribution in [3.8, 4) is 5.88 Å². The Morgan fingerprint density at radius 2 is 2.09 bits per heavy atom. The zero-order valence-electron chi connectivity index (χ0n) is 18.2. The lowest BCUT2D eigenvalue weighted by molar-refractivity contribution is 0.158. The molecule has 1 saturated heterocycles. The van der Waals surface area contributed by atoms with Crippen molar-refractivity contribution < 1.29 is 4.74 Å². The van der Waals surface area contributed by atoms with Gasteiger partial charge in [-0.1, -0.05) is 23.7 Å². The SMILES string of the molecule is C[C@H](Nc1ncnc2[nH]cnc12)c1cc2cccc(Cl)c2c(OCC2CCN(C)CC2)n1. The van der Waals surface area contributed by atoms with Crippen LogP contribution in [0.15, 0.2) is 36.9 Å². The quantitative estimate of drug-likeness (QED) is 0.447. The number of hydrogen-bond donors (Lipinski definition) is 2. The molecule has 3 aromatic heterocycles. The highest BCUT2D eigenvalue weighted by Crippen LogP contribution is 2.34. The molecule has 0 radical (unpaired) electrons. The fraction of sp³-hybridized carbons (Fsp3) is 0.391. The molecule has 0 spiro atoms. The minimum absolute atomic E-state index is 0.126. The van der Waals surface area contributed by atoms with Crippen LogP contribution in [0, 0.1) is 5.92 Å². The van der Waals surface area contributed by atoms with Crippen LogP contribution in [0.1, 0.15) is 31.5 Å². The Labute approximate surface area is 191 Å². The molecule has 0 unspecified atom stereocenters. The summed E-state index contributed by atoms with van der Waals surface area (Å²) in [6.07, 6.45) is 5.39. The monoisotopic (exact) mass is 451 g/mol. The number of nitrogens with one attached hydrogen (secondary N) is 2. The van der Waals surface area contributed by atoms with Gasteiger partial charge in [-0.2, -0.15) is 0 Å². The molecule has 5 rings (SSSR count). The van der Waals surface area contributed by atoms with E-state index in [0.29, 0.717) is 40.4 Å². The molecule has 0 saturated carbocycles. The number of H-pyrrole nitrogens is 1. The van der Waals surface area contributed by atoms with Crippen molar-refractivity contribution in [3.05, 3.63) is 47.6 Å². The predicted octanol–water partition coefficient (Wildman–Crippen LogP) is 4.45. The molecule has 1 aliphatic rings. The van der Waals surface area contributed by atoms with Gasteiger partial charge < -0.3 is 19.9 Å². The zero-order chi connectivity index (χ0) is 22.1. The van der Waals surface area contributed by atoms with Crippen LogP contribution in [-0.4, -0.2) is 56.6 Å². The van der Waals surface area contributed by atoms with E-state index < -0.39 is 0 Å². The zero-order valence-corrected chi connectivity index (χ0v) is 18.9. The second-order valence-electron chi connectivity index (χ2n) is 8.44. The number of imidazole rings is 1. The van der Waals surface area contributed by atoms with Crippen LogP contribution in [-0.2, 0) is 0 Å². The molecule has 1 aliphatic heterocycles. The van der Waals surface area contributed by atoms with Gasteiger partial charge in [0, 0.05) is 0 Å². The third kappa shape index (κ3) is 4.20. The number of likely N-dealkylation sites (tertiary alicyclic amines) is 1. The number of pyridine rings is 1. The van der Waals surface area contributed by atoms with E-state index in [2.05, 4.69) is 37.2 Å². The number of aromatic nitrogens is 5. The van der Waals surface area contributed by atoms with Crippen LogP contribution in [0.2, 0.25) is 5.02 Å². The Morgan fingerprint density at radius 1 is 1.25 bits per heavy atom. The van der Waals surface area contributed by atoms with Crippen molar-refractivity contribution in [2.24, 2.45) is 5.92 Å². The Balaban J connectivity index is 1.43. The van der Waals surface area contributed by atoms with E-state index >= 15 is 0 Å². The van der Waals surface area contributed by atoms with Gasteiger partial charge in [-0.3, -0.25) is 0 Å². The molecule has 8 nitrogen and oxygen atoms in total. The predicted molar refractivity (Wildman–Crippen MR) is 126 cm³/mol. The van der Waals surface area contributed by atoms with E-state index in [0.717, 1.165) is 42.4 Å². The maximum atomic E-state index is 6.55. The molecular weight excluding hydrogens is 426 g/mol. The summed E-state index contributed by atoms with van der Waals surface area (Å²) in [5, 5.41) is 5.92. The molecule has 1 atom stereocenters. The summed E-state index contributed by atoms with van der Waals surface area (Å²) < 4.78 is 6.29. The van der Waals surface area contributed by atoms with Crippen molar-refractivity contribution in [3.63, 3.8) is 0 Å². The van der Waals surface area contributed by atoms with Crippen molar-refractivity contribution in [1.82, 2.24) is 29.8 Å². The van der Waals surface area contributed by atoms with Gasteiger partial charge in [0.15, 0.2) is 11.5 Å². The second kappa shape index (κ2) is 8.88. The highest BCUT2D eigenvalue weighted by atomic mass is 35.5. The van der Waals surface area contributed by atoms with E-state index in [9.17, 15) is 0 Å². The van der Waals surface area contributed by atoms with Crippen LogP contribution >= 0.6 is 11.6 Å². The fourth-order valence-electron chi connectivity index (χ4n) is 4.15. The van der Waals surface area contributed by atoms with Crippen LogP contribution in [0.25, 0.3) is 21.9 Å². The number of fused-ring (bicyclic) bond motifs is 2. The average Bonchev–Trinajstić information content (AvgIpc) is 3.28. The summed E-state index contributed by atoms with van der Waals surface area (Å²) in [7, 11) is 2.16. The van der Waals surface area contributed by atoms with Gasteiger partial charge in [-0.25, -0.2) is 19.9 Å². The molecule has 0 aliphatic carbocycles. The van der Waals surface area contributed by atoms with E-state index in [4.69, 9.17) is 21.3 Å². The highest BCUT2D eigenvalue weighted by molar-refractivity contribution is 6.36. The van der Waals surface area contributed by atoms with Gasteiger partial charge >= 0.3 is 0 Å². The lowest BCUT2D eigenvalue weighted by Gasteiger charge is -2.28. The molecule has 2 N–H and O–H groups in total. The number of rotatable bonds is 6. The van der Waals surface area contributed by atoms with Crippen molar-refractivity contribution in [2.75, 3.05) is 32.1 Å². The minimum Gasteiger partial charge on any atom is -0.477 e. The van der Waals surface area contributed by atoms with Gasteiger partial charge in [0.05, 0.1) is 35.1 Å². The molecule has 0 bridgehead atoms. The first kappa shape index (κ1) is 20.9. The minimum atomic E-state index is -0.126. The first-order valence-corrected chi connectivity index (χ1v) is 11.3. The largest absolute Gasteiger partial charge is 0.477 e. The number of benzene rings is 1. The molecular formula is C23H26ClN7O. The van der Waals surface area contributed by atoms with Gasteiger partial charge in [0.1, 0.15) is 11.8 Å². The molecule has 1 aromatic carbocycles. The maximum absolute atomic E-state index is 6.55. The van der Waals surface area contributed by atoms with Gasteiger partial charge in [-0.15, -0.1) is 0 Å². The number of halogens is 1. The van der Waals surface area contributed by atoms with E-state index in [1.54, 1.807) is 6.33 Å². The number of hydrogen-bond acceptors (Lipinski definition) is 7. The summed E-state index contributed by atoms with van der Waals surface area (Å²) in [6, 6.07) is 7.79. The molecule has 0 amide bonds. The van der Waals surface area contributed by atoms with E-state index in [1.807, 2.05) is 31.2 Å². The number of anilines is 1. The Kier molecular flexibility index (Phi) is 5.80. The Morgan fingerprint density at radius 3 is 2.94 bits per heavy atom. The topological polar surface area (TPSA) is 91.9 Å². The van der Waals surface area contributed by atoms with Crippen LogP contribution in [0.4, 0.5) is 5.82 Å². The van der Waals surface area contributed by atoms with Crippen molar-refractivity contribution >= 4 is 39.4 Å². The molecule has 166 valence electrons. The molecule has 32 heavy (non-hydrogen) atoms. The van der Waals surface area contributed by atoms with Crippen molar-refractivity contribution in [2.45, 2.75) is 25.8 Å². The van der Waals surface area contributed by atoms with Gasteiger partial charge in [-0.05, 0) is 63.3 Å². The van der Waals surface area contributed by atoms with Crippen molar-refractivity contribution in [1.29, 1.82) is 0 Å². The van der Waals surface area contributed by atoms with E-state index in [1.165, 1.54) is 6.33 Å². The molecule has 4 heterocycles. The van der Waals surface area contributed by atoms with Crippen LogP contribution in [0.5, 0.6) is 5.88 Å². The van der Waals surface area contributed by atoms with Gasteiger partial charge in [0.2, 0.25) is 5.88 Å². The number of aromatic amines is 1. The highest BCUT2D eigenvalue weighted by Gasteiger charge is 2.20. The third-order valence-corrected chi connectivity index (χ3v) is 6.42. The second-order valence-corrected chi connectivity index (χ2v) is 8.84. The number of ether oxygens (including phenoxy) is 1. The normalized spacial score (nSPS) is 16.5. The molecule has 9 heteroatoms. The molecule has 4 aromatic rings. The number of nitrogens with zero attached hydrogens (tertiary/aromatic N) is 5.